The van der Waals surface area contributed by atoms with Crippen molar-refractivity contribution in [1.29, 1.82) is 0 Å². The maximum Gasteiger partial charge on any atom is 0.0720 e. The molecule has 0 radical (unpaired) electrons. The molecule has 0 unspecified atom stereocenters. The summed E-state index contributed by atoms with van der Waals surface area (Å²) in [5.74, 6) is 0.821. The van der Waals surface area contributed by atoms with E-state index >= 15 is 0 Å². The van der Waals surface area contributed by atoms with Crippen LogP contribution in [-0.4, -0.2) is 12.7 Å². The van der Waals surface area contributed by atoms with Crippen molar-refractivity contribution in [2.45, 2.75) is 44.3 Å². The van der Waals surface area contributed by atoms with Crippen LogP contribution < -0.4 is 0 Å². The van der Waals surface area contributed by atoms with Gasteiger partial charge >= 0.3 is 0 Å². The third kappa shape index (κ3) is 5.11. The maximum atomic E-state index is 5.57. The zero-order chi connectivity index (χ0) is 12.1. The lowest BCUT2D eigenvalue weighted by molar-refractivity contribution is 0.0657. The Morgan fingerprint density at radius 2 is 1.94 bits per heavy atom. The third-order valence-electron chi connectivity index (χ3n) is 2.66. The average Bonchev–Trinajstić information content (AvgIpc) is 3.12. The molecule has 0 heterocycles. The molecule has 1 aliphatic carbocycles. The molecule has 0 atom stereocenters. The van der Waals surface area contributed by atoms with Gasteiger partial charge in [-0.1, -0.05) is 12.1 Å². The number of rotatable bonds is 7. The van der Waals surface area contributed by atoms with Crippen LogP contribution in [0.5, 0.6) is 0 Å². The molecule has 1 aromatic carbocycles. The van der Waals surface area contributed by atoms with Gasteiger partial charge in [0.2, 0.25) is 0 Å². The summed E-state index contributed by atoms with van der Waals surface area (Å²) >= 11 is 1.48. The first-order valence-electron chi connectivity index (χ1n) is 6.24. The van der Waals surface area contributed by atoms with Gasteiger partial charge in [-0.3, -0.25) is 0 Å². The van der Waals surface area contributed by atoms with Crippen LogP contribution in [0.25, 0.3) is 0 Å². The second-order valence-corrected chi connectivity index (χ2v) is 5.69. The van der Waals surface area contributed by atoms with Gasteiger partial charge in [-0.2, -0.15) is 0 Å². The van der Waals surface area contributed by atoms with Gasteiger partial charge in [0.15, 0.2) is 0 Å². The minimum atomic E-state index is 0.283. The molecule has 2 nitrogen and oxygen atoms in total. The van der Waals surface area contributed by atoms with E-state index in [1.165, 1.54) is 35.3 Å². The number of ether oxygens (including phenoxy) is 1. The van der Waals surface area contributed by atoms with Crippen molar-refractivity contribution in [2.75, 3.05) is 6.61 Å². The molecule has 1 saturated carbocycles. The maximum absolute atomic E-state index is 5.57. The molecule has 0 spiro atoms. The topological polar surface area (TPSA) is 18.5 Å². The van der Waals surface area contributed by atoms with E-state index < -0.39 is 0 Å². The Kier molecular flexibility index (Phi) is 4.89. The van der Waals surface area contributed by atoms with Crippen LogP contribution in [0, 0.1) is 5.92 Å². The third-order valence-corrected chi connectivity index (χ3v) is 3.38. The van der Waals surface area contributed by atoms with Gasteiger partial charge in [0.25, 0.3) is 0 Å². The van der Waals surface area contributed by atoms with E-state index in [4.69, 9.17) is 8.92 Å². The molecule has 1 aromatic rings. The van der Waals surface area contributed by atoms with Crippen molar-refractivity contribution in [3.63, 3.8) is 0 Å². The van der Waals surface area contributed by atoms with E-state index in [-0.39, 0.29) is 6.10 Å². The standard InChI is InChI=1S/C14H20O2S/c1-11(2)15-9-12-5-7-14(8-6-12)17-16-10-13-3-4-13/h5-8,11,13H,3-4,9-10H2,1-2H3. The van der Waals surface area contributed by atoms with Crippen LogP contribution in [0.1, 0.15) is 32.3 Å². The van der Waals surface area contributed by atoms with E-state index in [0.717, 1.165) is 12.5 Å². The second-order valence-electron chi connectivity index (χ2n) is 4.81. The molecule has 0 aromatic heterocycles. The predicted molar refractivity (Wildman–Crippen MR) is 70.9 cm³/mol. The van der Waals surface area contributed by atoms with Crippen LogP contribution in [-0.2, 0) is 15.5 Å². The van der Waals surface area contributed by atoms with E-state index in [2.05, 4.69) is 38.1 Å². The second kappa shape index (κ2) is 6.43. The van der Waals surface area contributed by atoms with Gasteiger partial charge in [-0.25, -0.2) is 0 Å². The molecular formula is C14H20O2S. The highest BCUT2D eigenvalue weighted by Gasteiger charge is 2.21. The minimum absolute atomic E-state index is 0.283. The molecule has 0 amide bonds. The van der Waals surface area contributed by atoms with E-state index in [1.807, 2.05) is 0 Å². The quantitative estimate of drug-likeness (QED) is 0.682. The van der Waals surface area contributed by atoms with Crippen LogP contribution in [0.15, 0.2) is 29.2 Å². The minimum Gasteiger partial charge on any atom is -0.374 e. The molecule has 17 heavy (non-hydrogen) atoms. The summed E-state index contributed by atoms with van der Waals surface area (Å²) in [5, 5.41) is 0. The Bertz CT molecular complexity index is 331. The van der Waals surface area contributed by atoms with Crippen molar-refractivity contribution < 1.29 is 8.92 Å². The lowest BCUT2D eigenvalue weighted by Gasteiger charge is -2.08. The van der Waals surface area contributed by atoms with Gasteiger partial charge in [-0.15, -0.1) is 0 Å². The van der Waals surface area contributed by atoms with Crippen molar-refractivity contribution in [1.82, 2.24) is 0 Å². The molecule has 2 rings (SSSR count). The van der Waals surface area contributed by atoms with Crippen LogP contribution in [0.2, 0.25) is 0 Å². The normalized spacial score (nSPS) is 15.5. The van der Waals surface area contributed by atoms with Gasteiger partial charge in [0.05, 0.1) is 19.3 Å². The van der Waals surface area contributed by atoms with Crippen LogP contribution in [0.3, 0.4) is 0 Å². The lowest BCUT2D eigenvalue weighted by Crippen LogP contribution is -2.01. The number of hydrogen-bond donors (Lipinski definition) is 0. The smallest absolute Gasteiger partial charge is 0.0720 e. The van der Waals surface area contributed by atoms with Gasteiger partial charge in [0.1, 0.15) is 0 Å². The average molecular weight is 252 g/mol. The Balaban J connectivity index is 1.71. The zero-order valence-electron chi connectivity index (χ0n) is 10.5. The Hall–Kier alpha value is -0.510. The summed E-state index contributed by atoms with van der Waals surface area (Å²) in [7, 11) is 0. The summed E-state index contributed by atoms with van der Waals surface area (Å²) < 4.78 is 11.1. The summed E-state index contributed by atoms with van der Waals surface area (Å²) in [6.07, 6.45) is 2.96. The van der Waals surface area contributed by atoms with Crippen molar-refractivity contribution in [3.8, 4) is 0 Å². The molecule has 0 bridgehead atoms. The number of benzene rings is 1. The first kappa shape index (κ1) is 12.9. The largest absolute Gasteiger partial charge is 0.374 e. The van der Waals surface area contributed by atoms with Gasteiger partial charge < -0.3 is 8.92 Å². The predicted octanol–water partition coefficient (Wildman–Crippen LogP) is 4.05. The van der Waals surface area contributed by atoms with Gasteiger partial charge in [0, 0.05) is 16.9 Å². The van der Waals surface area contributed by atoms with Crippen molar-refractivity contribution >= 4 is 12.0 Å². The summed E-state index contributed by atoms with van der Waals surface area (Å²) in [5.41, 5.74) is 1.21. The van der Waals surface area contributed by atoms with E-state index in [0.29, 0.717) is 6.61 Å². The van der Waals surface area contributed by atoms with Crippen LogP contribution in [0.4, 0.5) is 0 Å². The molecule has 0 saturated heterocycles. The SMILES string of the molecule is CC(C)OCc1ccc(SOCC2CC2)cc1. The van der Waals surface area contributed by atoms with Crippen molar-refractivity contribution in [2.24, 2.45) is 5.92 Å². The fraction of sp³-hybridized carbons (Fsp3) is 0.571. The Labute approximate surface area is 108 Å². The summed E-state index contributed by atoms with van der Waals surface area (Å²) in [6, 6.07) is 8.39. The van der Waals surface area contributed by atoms with Crippen molar-refractivity contribution in [3.05, 3.63) is 29.8 Å². The monoisotopic (exact) mass is 252 g/mol. The molecule has 94 valence electrons. The first-order chi connectivity index (χ1) is 8.24. The first-order valence-corrected chi connectivity index (χ1v) is 6.98. The molecule has 0 aliphatic heterocycles. The Morgan fingerprint density at radius 1 is 1.24 bits per heavy atom. The molecule has 0 N–H and O–H groups in total. The fourth-order valence-corrected chi connectivity index (χ4v) is 2.03. The zero-order valence-corrected chi connectivity index (χ0v) is 11.3. The summed E-state index contributed by atoms with van der Waals surface area (Å²) in [4.78, 5) is 1.17. The molecular weight excluding hydrogens is 232 g/mol. The molecule has 1 aliphatic rings. The molecule has 3 heteroatoms. The van der Waals surface area contributed by atoms with Crippen LogP contribution >= 0.6 is 12.0 Å². The number of hydrogen-bond acceptors (Lipinski definition) is 3. The highest BCUT2D eigenvalue weighted by Crippen LogP contribution is 2.31. The summed E-state index contributed by atoms with van der Waals surface area (Å²) in [6.45, 7) is 5.68. The fourth-order valence-electron chi connectivity index (χ4n) is 1.39. The van der Waals surface area contributed by atoms with E-state index in [1.54, 1.807) is 0 Å². The molecule has 1 fully saturated rings. The highest BCUT2D eigenvalue weighted by atomic mass is 32.2. The lowest BCUT2D eigenvalue weighted by atomic mass is 10.2. The highest BCUT2D eigenvalue weighted by molar-refractivity contribution is 7.94. The Morgan fingerprint density at radius 3 is 2.53 bits per heavy atom. The van der Waals surface area contributed by atoms with E-state index in [9.17, 15) is 0 Å². The van der Waals surface area contributed by atoms with Gasteiger partial charge in [-0.05, 0) is 50.3 Å².